The Labute approximate surface area is 38.5 Å². The summed E-state index contributed by atoms with van der Waals surface area (Å²) in [7, 11) is 0. The van der Waals surface area contributed by atoms with Crippen LogP contribution in [-0.2, 0) is 0 Å². The summed E-state index contributed by atoms with van der Waals surface area (Å²) in [4.78, 5) is 0. The van der Waals surface area contributed by atoms with Gasteiger partial charge in [-0.2, -0.15) is 0 Å². The van der Waals surface area contributed by atoms with E-state index < -0.39 is 0 Å². The highest BCUT2D eigenvalue weighted by molar-refractivity contribution is 4.86. The molecule has 1 unspecified atom stereocenters. The van der Waals surface area contributed by atoms with Crippen molar-refractivity contribution in [1.82, 2.24) is 5.73 Å². The van der Waals surface area contributed by atoms with Gasteiger partial charge in [0, 0.05) is 12.5 Å². The SMILES string of the molecule is C#CCC(C)[NH]. The van der Waals surface area contributed by atoms with Gasteiger partial charge >= 0.3 is 0 Å². The van der Waals surface area contributed by atoms with Crippen molar-refractivity contribution in [2.75, 3.05) is 0 Å². The van der Waals surface area contributed by atoms with Crippen molar-refractivity contribution in [3.8, 4) is 12.3 Å². The van der Waals surface area contributed by atoms with E-state index in [0.29, 0.717) is 6.42 Å². The highest BCUT2D eigenvalue weighted by Gasteiger charge is 1.84. The van der Waals surface area contributed by atoms with Crippen molar-refractivity contribution in [3.63, 3.8) is 0 Å². The van der Waals surface area contributed by atoms with Crippen molar-refractivity contribution in [2.45, 2.75) is 19.4 Å². The summed E-state index contributed by atoms with van der Waals surface area (Å²) in [5.74, 6) is 2.38. The fourth-order valence-electron chi connectivity index (χ4n) is 0.177. The zero-order valence-corrected chi connectivity index (χ0v) is 3.86. The molecule has 6 heavy (non-hydrogen) atoms. The van der Waals surface area contributed by atoms with Gasteiger partial charge < -0.3 is 0 Å². The van der Waals surface area contributed by atoms with E-state index >= 15 is 0 Å². The standard InChI is InChI=1S/C5H8N/c1-3-4-5(2)6/h1,5-6H,4H2,2H3. The third-order valence-corrected chi connectivity index (χ3v) is 0.424. The molecule has 0 rings (SSSR count). The second-order valence-corrected chi connectivity index (χ2v) is 1.31. The van der Waals surface area contributed by atoms with Crippen LogP contribution < -0.4 is 5.73 Å². The van der Waals surface area contributed by atoms with Gasteiger partial charge in [0.15, 0.2) is 0 Å². The van der Waals surface area contributed by atoms with Crippen LogP contribution in [0.15, 0.2) is 0 Å². The summed E-state index contributed by atoms with van der Waals surface area (Å²) in [5.41, 5.74) is 6.84. The smallest absolute Gasteiger partial charge is 0.0294 e. The van der Waals surface area contributed by atoms with Gasteiger partial charge in [-0.05, 0) is 6.92 Å². The first-order valence-corrected chi connectivity index (χ1v) is 1.92. The zero-order chi connectivity index (χ0) is 4.99. The van der Waals surface area contributed by atoms with E-state index in [1.165, 1.54) is 0 Å². The molecule has 33 valence electrons. The van der Waals surface area contributed by atoms with E-state index in [2.05, 4.69) is 5.92 Å². The predicted molar refractivity (Wildman–Crippen MR) is 26.0 cm³/mol. The normalized spacial score (nSPS) is 12.8. The number of hydrogen-bond donors (Lipinski definition) is 0. The van der Waals surface area contributed by atoms with Gasteiger partial charge in [0.05, 0.1) is 0 Å². The van der Waals surface area contributed by atoms with Crippen LogP contribution in [0.1, 0.15) is 13.3 Å². The zero-order valence-electron chi connectivity index (χ0n) is 3.86. The predicted octanol–water partition coefficient (Wildman–Crippen LogP) is 0.681. The Balaban J connectivity index is 2.88. The van der Waals surface area contributed by atoms with Gasteiger partial charge in [0.1, 0.15) is 0 Å². The van der Waals surface area contributed by atoms with Crippen LogP contribution in [0.3, 0.4) is 0 Å². The number of rotatable bonds is 1. The molecule has 0 aliphatic heterocycles. The number of nitrogens with one attached hydrogen (secondary N) is 1. The van der Waals surface area contributed by atoms with Gasteiger partial charge in [-0.25, -0.2) is 0 Å². The lowest BCUT2D eigenvalue weighted by Crippen LogP contribution is -1.98. The fourth-order valence-corrected chi connectivity index (χ4v) is 0.177. The van der Waals surface area contributed by atoms with Crippen LogP contribution in [0.4, 0.5) is 0 Å². The molecule has 0 aliphatic carbocycles. The second-order valence-electron chi connectivity index (χ2n) is 1.31. The van der Waals surface area contributed by atoms with Crippen LogP contribution >= 0.6 is 0 Å². The van der Waals surface area contributed by atoms with Crippen molar-refractivity contribution in [1.29, 1.82) is 0 Å². The average molecular weight is 82.1 g/mol. The molecule has 0 heterocycles. The Bertz CT molecular complexity index is 58.8. The molecule has 0 aromatic carbocycles. The summed E-state index contributed by atoms with van der Waals surface area (Å²) in [6.07, 6.45) is 5.43. The third-order valence-electron chi connectivity index (χ3n) is 0.424. The van der Waals surface area contributed by atoms with Crippen molar-refractivity contribution in [3.05, 3.63) is 0 Å². The molecule has 1 radical (unpaired) electrons. The lowest BCUT2D eigenvalue weighted by Gasteiger charge is -1.89. The molecular weight excluding hydrogens is 74.1 g/mol. The maximum absolute atomic E-state index is 6.84. The monoisotopic (exact) mass is 82.1 g/mol. The maximum Gasteiger partial charge on any atom is 0.0294 e. The molecule has 0 amide bonds. The van der Waals surface area contributed by atoms with Crippen LogP contribution in [-0.4, -0.2) is 6.04 Å². The topological polar surface area (TPSA) is 23.8 Å². The maximum atomic E-state index is 6.84. The summed E-state index contributed by atoms with van der Waals surface area (Å²) in [6, 6.07) is -0.0880. The molecule has 1 N–H and O–H groups in total. The summed E-state index contributed by atoms with van der Waals surface area (Å²) in [6.45, 7) is 1.78. The van der Waals surface area contributed by atoms with E-state index in [1.54, 1.807) is 6.92 Å². The molecule has 0 aliphatic rings. The molecule has 1 atom stereocenters. The van der Waals surface area contributed by atoms with Gasteiger partial charge in [-0.3, -0.25) is 5.73 Å². The van der Waals surface area contributed by atoms with Crippen molar-refractivity contribution in [2.24, 2.45) is 0 Å². The van der Waals surface area contributed by atoms with Crippen LogP contribution in [0, 0.1) is 12.3 Å². The van der Waals surface area contributed by atoms with E-state index in [-0.39, 0.29) is 6.04 Å². The lowest BCUT2D eigenvalue weighted by atomic mass is 10.3. The van der Waals surface area contributed by atoms with E-state index in [0.717, 1.165) is 0 Å². The number of terminal acetylenes is 1. The minimum absolute atomic E-state index is 0.0880. The van der Waals surface area contributed by atoms with Gasteiger partial charge in [0.25, 0.3) is 0 Å². The Morgan fingerprint density at radius 1 is 2.00 bits per heavy atom. The summed E-state index contributed by atoms with van der Waals surface area (Å²) in [5, 5.41) is 0. The van der Waals surface area contributed by atoms with E-state index in [9.17, 15) is 0 Å². The molecule has 1 nitrogen and oxygen atoms in total. The quantitative estimate of drug-likeness (QED) is 0.415. The molecule has 0 fully saturated rings. The van der Waals surface area contributed by atoms with Crippen LogP contribution in [0.2, 0.25) is 0 Å². The molecular formula is C5H8N. The highest BCUT2D eigenvalue weighted by atomic mass is 14.6. The Kier molecular flexibility index (Phi) is 2.52. The summed E-state index contributed by atoms with van der Waals surface area (Å²) < 4.78 is 0. The molecule has 0 bridgehead atoms. The Morgan fingerprint density at radius 2 is 2.50 bits per heavy atom. The molecule has 0 saturated carbocycles. The molecule has 0 aromatic heterocycles. The van der Waals surface area contributed by atoms with Gasteiger partial charge in [-0.15, -0.1) is 12.3 Å². The first-order valence-electron chi connectivity index (χ1n) is 1.92. The third kappa shape index (κ3) is 3.52. The second kappa shape index (κ2) is 2.74. The molecule has 0 aromatic rings. The lowest BCUT2D eigenvalue weighted by molar-refractivity contribution is 0.745. The average Bonchev–Trinajstić information content (AvgIpc) is 1.35. The molecule has 0 spiro atoms. The summed E-state index contributed by atoms with van der Waals surface area (Å²) >= 11 is 0. The Hall–Kier alpha value is -0.480. The minimum Gasteiger partial charge on any atom is -0.254 e. The van der Waals surface area contributed by atoms with E-state index in [4.69, 9.17) is 12.2 Å². The number of hydrogen-bond acceptors (Lipinski definition) is 0. The minimum atomic E-state index is -0.0880. The van der Waals surface area contributed by atoms with Crippen LogP contribution in [0.25, 0.3) is 0 Å². The van der Waals surface area contributed by atoms with E-state index in [1.807, 2.05) is 0 Å². The first kappa shape index (κ1) is 5.52. The van der Waals surface area contributed by atoms with Crippen molar-refractivity contribution >= 4 is 0 Å². The largest absolute Gasteiger partial charge is 0.254 e. The fraction of sp³-hybridized carbons (Fsp3) is 0.600. The van der Waals surface area contributed by atoms with Gasteiger partial charge in [-0.1, -0.05) is 0 Å². The molecule has 1 heteroatoms. The Morgan fingerprint density at radius 3 is 2.50 bits per heavy atom. The van der Waals surface area contributed by atoms with Crippen molar-refractivity contribution < 1.29 is 0 Å². The van der Waals surface area contributed by atoms with Gasteiger partial charge in [0.2, 0.25) is 0 Å². The van der Waals surface area contributed by atoms with Crippen LogP contribution in [0.5, 0.6) is 0 Å². The molecule has 0 saturated heterocycles. The highest BCUT2D eigenvalue weighted by Crippen LogP contribution is 1.80. The first-order chi connectivity index (χ1) is 2.77.